The molecule has 2 aromatic rings. The number of hydrogen-bond donors (Lipinski definition) is 1. The van der Waals surface area contributed by atoms with Gasteiger partial charge in [0.25, 0.3) is 5.78 Å². The number of rotatable bonds is 15. The molecule has 10 nitrogen and oxygen atoms in total. The van der Waals surface area contributed by atoms with E-state index >= 15 is 0 Å². The fraction of sp³-hybridized carbons (Fsp3) is 0.467. The zero-order valence-corrected chi connectivity index (χ0v) is 25.1. The molecule has 1 amide bonds. The second-order valence-corrected chi connectivity index (χ2v) is 9.19. The highest BCUT2D eigenvalue weighted by Crippen LogP contribution is 2.29. The Morgan fingerprint density at radius 1 is 1.07 bits per heavy atom. The number of amides is 1. The smallest absolute Gasteiger partial charge is 0.446 e. The topological polar surface area (TPSA) is 121 Å². The van der Waals surface area contributed by atoms with Crippen molar-refractivity contribution in [1.82, 2.24) is 4.90 Å². The van der Waals surface area contributed by atoms with Gasteiger partial charge in [0, 0.05) is 31.9 Å². The predicted molar refractivity (Wildman–Crippen MR) is 157 cm³/mol. The van der Waals surface area contributed by atoms with E-state index in [4.69, 9.17) is 24.3 Å². The molecule has 0 radical (unpaired) electrons. The van der Waals surface area contributed by atoms with Gasteiger partial charge in [-0.1, -0.05) is 19.1 Å². The number of likely N-dealkylation sites (N-methyl/N-ethyl adjacent to an activating group) is 1. The molecule has 1 N–H and O–H groups in total. The number of ketones is 1. The lowest BCUT2D eigenvalue weighted by molar-refractivity contribution is -0.156. The molecule has 2 aromatic carbocycles. The van der Waals surface area contributed by atoms with Crippen LogP contribution in [0, 0.1) is 18.3 Å². The second kappa shape index (κ2) is 19.0. The number of aryl methyl sites for hydroxylation is 1. The van der Waals surface area contributed by atoms with Crippen LogP contribution >= 0.6 is 0 Å². The number of unbranched alkanes of at least 4 members (excludes halogenated alkanes) is 1. The van der Waals surface area contributed by atoms with E-state index in [9.17, 15) is 22.8 Å². The van der Waals surface area contributed by atoms with Crippen LogP contribution in [-0.4, -0.2) is 82.8 Å². The zero-order valence-electron chi connectivity index (χ0n) is 25.1. The van der Waals surface area contributed by atoms with Crippen molar-refractivity contribution in [2.45, 2.75) is 39.8 Å². The summed E-state index contributed by atoms with van der Waals surface area (Å²) in [6, 6.07) is 12.4. The Kier molecular flexibility index (Phi) is 16.2. The van der Waals surface area contributed by atoms with Crippen molar-refractivity contribution in [3.63, 3.8) is 0 Å². The molecule has 0 saturated heterocycles. The number of halogens is 3. The average Bonchev–Trinajstić information content (AvgIpc) is 2.98. The molecule has 0 heterocycles. The third kappa shape index (κ3) is 13.5. The summed E-state index contributed by atoms with van der Waals surface area (Å²) < 4.78 is 47.5. The van der Waals surface area contributed by atoms with Crippen LogP contribution < -0.4 is 19.7 Å². The molecule has 0 unspecified atom stereocenters. The van der Waals surface area contributed by atoms with Crippen LogP contribution in [0.1, 0.15) is 42.6 Å². The molecule has 0 bridgehead atoms. The summed E-state index contributed by atoms with van der Waals surface area (Å²) in [5, 5.41) is 11.7. The number of Topliss-reactive ketones (excluding diaryl/α,β-unsaturated/α-hetero) is 1. The SMILES string of the molecule is CCOc1ccccc1NC(=O)OCCN(CC)CCCCN(C)c1cc(OC)c(C(=O)C#N)cc1C.O=CC(F)(F)F. The van der Waals surface area contributed by atoms with Crippen LogP contribution in [0.15, 0.2) is 36.4 Å². The molecule has 2 rings (SSSR count). The minimum atomic E-state index is -4.64. The van der Waals surface area contributed by atoms with E-state index < -0.39 is 24.3 Å². The lowest BCUT2D eigenvalue weighted by atomic mass is 10.0. The van der Waals surface area contributed by atoms with E-state index in [1.54, 1.807) is 24.3 Å². The van der Waals surface area contributed by atoms with Gasteiger partial charge in [-0.2, -0.15) is 18.4 Å². The Labute approximate surface area is 250 Å². The van der Waals surface area contributed by atoms with Crippen molar-refractivity contribution >= 4 is 29.5 Å². The van der Waals surface area contributed by atoms with Gasteiger partial charge < -0.3 is 24.0 Å². The molecule has 0 aliphatic carbocycles. The first-order valence-electron chi connectivity index (χ1n) is 13.7. The Bertz CT molecular complexity index is 1230. The number of ether oxygens (including phenoxy) is 3. The number of carbonyl (C=O) groups is 3. The summed E-state index contributed by atoms with van der Waals surface area (Å²) in [5.74, 6) is 0.412. The first-order chi connectivity index (χ1) is 20.4. The minimum absolute atomic E-state index is 0.285. The maximum absolute atomic E-state index is 12.2. The highest BCUT2D eigenvalue weighted by molar-refractivity contribution is 6.09. The van der Waals surface area contributed by atoms with Crippen molar-refractivity contribution in [2.24, 2.45) is 0 Å². The first-order valence-corrected chi connectivity index (χ1v) is 13.7. The normalized spacial score (nSPS) is 10.6. The van der Waals surface area contributed by atoms with E-state index in [2.05, 4.69) is 22.0 Å². The largest absolute Gasteiger partial charge is 0.496 e. The minimum Gasteiger partial charge on any atom is -0.496 e. The summed E-state index contributed by atoms with van der Waals surface area (Å²) in [7, 11) is 3.50. The molecular formula is C30H39F3N4O6. The number of anilines is 2. The Balaban J connectivity index is 0.00000139. The van der Waals surface area contributed by atoms with Gasteiger partial charge in [0.05, 0.1) is 25.0 Å². The van der Waals surface area contributed by atoms with E-state index in [0.29, 0.717) is 36.9 Å². The average molecular weight is 609 g/mol. The number of hydrogen-bond acceptors (Lipinski definition) is 9. The molecule has 236 valence electrons. The van der Waals surface area contributed by atoms with Crippen LogP contribution in [-0.2, 0) is 9.53 Å². The number of nitrogens with zero attached hydrogens (tertiary/aromatic N) is 3. The van der Waals surface area contributed by atoms with Gasteiger partial charge in [0.15, 0.2) is 0 Å². The molecule has 0 aromatic heterocycles. The number of benzene rings is 2. The molecule has 0 aliphatic heterocycles. The standard InChI is InChI=1S/C28H38N4O5.C2HF3O/c1-6-32(16-17-37-28(34)30-23-12-8-9-13-26(23)36-7-2)15-11-10-14-31(4)24-19-27(35-5)22(18-21(24)3)25(33)20-29;3-2(4,5)1-6/h8-9,12-13,18-19H,6-7,10-11,14-17H2,1-5H3,(H,30,34);1H. The highest BCUT2D eigenvalue weighted by atomic mass is 19.4. The lowest BCUT2D eigenvalue weighted by Crippen LogP contribution is -2.30. The molecule has 13 heteroatoms. The van der Waals surface area contributed by atoms with Crippen molar-refractivity contribution in [1.29, 1.82) is 5.26 Å². The van der Waals surface area contributed by atoms with Gasteiger partial charge in [0.2, 0.25) is 6.29 Å². The van der Waals surface area contributed by atoms with Crippen molar-refractivity contribution in [3.05, 3.63) is 47.5 Å². The monoisotopic (exact) mass is 608 g/mol. The third-order valence-electron chi connectivity index (χ3n) is 6.14. The number of nitrogens with one attached hydrogen (secondary N) is 1. The van der Waals surface area contributed by atoms with Crippen LogP contribution in [0.5, 0.6) is 11.5 Å². The predicted octanol–water partition coefficient (Wildman–Crippen LogP) is 5.64. The van der Waals surface area contributed by atoms with Gasteiger partial charge in [-0.25, -0.2) is 4.79 Å². The summed E-state index contributed by atoms with van der Waals surface area (Å²) >= 11 is 0. The zero-order chi connectivity index (χ0) is 32.4. The number of para-hydroxylation sites is 2. The number of nitriles is 1. The Hall–Kier alpha value is -4.31. The van der Waals surface area contributed by atoms with Gasteiger partial charge >= 0.3 is 12.3 Å². The van der Waals surface area contributed by atoms with Gasteiger partial charge in [0.1, 0.15) is 24.2 Å². The lowest BCUT2D eigenvalue weighted by Gasteiger charge is -2.24. The quantitative estimate of drug-likeness (QED) is 0.118. The summed E-state index contributed by atoms with van der Waals surface area (Å²) in [5.41, 5.74) is 2.75. The van der Waals surface area contributed by atoms with Crippen molar-refractivity contribution < 1.29 is 41.8 Å². The van der Waals surface area contributed by atoms with E-state index in [1.165, 1.54) is 7.11 Å². The molecule has 0 spiro atoms. The summed E-state index contributed by atoms with van der Waals surface area (Å²) in [4.78, 5) is 37.1. The van der Waals surface area contributed by atoms with Crippen LogP contribution in [0.4, 0.5) is 29.3 Å². The second-order valence-electron chi connectivity index (χ2n) is 9.19. The summed E-state index contributed by atoms with van der Waals surface area (Å²) in [6.45, 7) is 9.93. The maximum atomic E-state index is 12.2. The van der Waals surface area contributed by atoms with Gasteiger partial charge in [-0.15, -0.1) is 0 Å². The number of aldehydes is 1. The molecule has 0 saturated carbocycles. The molecule has 0 fully saturated rings. The first kappa shape index (κ1) is 36.7. The van der Waals surface area contributed by atoms with Gasteiger partial charge in [-0.3, -0.25) is 14.9 Å². The van der Waals surface area contributed by atoms with E-state index in [1.807, 2.05) is 39.1 Å². The van der Waals surface area contributed by atoms with Crippen molar-refractivity contribution in [3.8, 4) is 17.6 Å². The third-order valence-corrected chi connectivity index (χ3v) is 6.14. The number of alkyl halides is 3. The molecule has 0 atom stereocenters. The molecule has 43 heavy (non-hydrogen) atoms. The summed E-state index contributed by atoms with van der Waals surface area (Å²) in [6.07, 6.45) is -4.26. The van der Waals surface area contributed by atoms with Crippen LogP contribution in [0.25, 0.3) is 0 Å². The van der Waals surface area contributed by atoms with Gasteiger partial charge in [-0.05, 0) is 63.5 Å². The maximum Gasteiger partial charge on any atom is 0.446 e. The fourth-order valence-corrected chi connectivity index (χ4v) is 3.99. The fourth-order valence-electron chi connectivity index (χ4n) is 3.99. The van der Waals surface area contributed by atoms with E-state index in [0.717, 1.165) is 43.7 Å². The van der Waals surface area contributed by atoms with Crippen LogP contribution in [0.3, 0.4) is 0 Å². The van der Waals surface area contributed by atoms with Crippen LogP contribution in [0.2, 0.25) is 0 Å². The highest BCUT2D eigenvalue weighted by Gasteiger charge is 2.25. The number of methoxy groups -OCH3 is 1. The number of carbonyl (C=O) groups excluding carboxylic acids is 3. The van der Waals surface area contributed by atoms with E-state index in [-0.39, 0.29) is 5.56 Å². The van der Waals surface area contributed by atoms with Crippen molar-refractivity contribution in [2.75, 3.05) is 63.8 Å². The molecular weight excluding hydrogens is 569 g/mol. The Morgan fingerprint density at radius 2 is 1.72 bits per heavy atom. The Morgan fingerprint density at radius 3 is 2.30 bits per heavy atom. The molecule has 0 aliphatic rings.